The van der Waals surface area contributed by atoms with Crippen LogP contribution in [0.5, 0.6) is 11.5 Å². The first-order valence-corrected chi connectivity index (χ1v) is 9.53. The maximum Gasteiger partial charge on any atom is 0.161 e. The molecule has 1 N–H and O–H groups in total. The average Bonchev–Trinajstić information content (AvgIpc) is 2.68. The predicted octanol–water partition coefficient (Wildman–Crippen LogP) is 6.99. The molecule has 3 nitrogen and oxygen atoms in total. The Morgan fingerprint density at radius 2 is 1.75 bits per heavy atom. The SMILES string of the molecule is COc1cc(CNc2cc(Cl)ccc2Cl)ccc1OCc1c(F)cccc1Cl. The Morgan fingerprint density at radius 3 is 2.50 bits per heavy atom. The van der Waals surface area contributed by atoms with Crippen LogP contribution in [0.1, 0.15) is 11.1 Å². The first-order chi connectivity index (χ1) is 13.5. The van der Waals surface area contributed by atoms with Gasteiger partial charge in [-0.05, 0) is 48.0 Å². The second kappa shape index (κ2) is 9.37. The van der Waals surface area contributed by atoms with Crippen molar-refractivity contribution in [3.05, 3.63) is 86.6 Å². The highest BCUT2D eigenvalue weighted by atomic mass is 35.5. The summed E-state index contributed by atoms with van der Waals surface area (Å²) in [5, 5.41) is 4.73. The summed E-state index contributed by atoms with van der Waals surface area (Å²) in [7, 11) is 1.54. The van der Waals surface area contributed by atoms with E-state index in [1.165, 1.54) is 6.07 Å². The summed E-state index contributed by atoms with van der Waals surface area (Å²) in [6, 6.07) is 15.2. The summed E-state index contributed by atoms with van der Waals surface area (Å²) in [5.74, 6) is 0.612. The third-order valence-electron chi connectivity index (χ3n) is 4.07. The fourth-order valence-electron chi connectivity index (χ4n) is 2.59. The Balaban J connectivity index is 1.70. The third kappa shape index (κ3) is 5.02. The molecule has 0 aliphatic carbocycles. The van der Waals surface area contributed by atoms with E-state index >= 15 is 0 Å². The van der Waals surface area contributed by atoms with Gasteiger partial charge in [0.25, 0.3) is 0 Å². The zero-order valence-electron chi connectivity index (χ0n) is 14.9. The van der Waals surface area contributed by atoms with Gasteiger partial charge in [0.1, 0.15) is 12.4 Å². The lowest BCUT2D eigenvalue weighted by Crippen LogP contribution is -2.03. The normalized spacial score (nSPS) is 10.6. The molecule has 0 aliphatic rings. The van der Waals surface area contributed by atoms with E-state index in [0.717, 1.165) is 11.3 Å². The van der Waals surface area contributed by atoms with Gasteiger partial charge in [-0.2, -0.15) is 0 Å². The van der Waals surface area contributed by atoms with Crippen molar-refractivity contribution in [2.45, 2.75) is 13.2 Å². The van der Waals surface area contributed by atoms with Gasteiger partial charge in [-0.25, -0.2) is 4.39 Å². The van der Waals surface area contributed by atoms with Gasteiger partial charge in [-0.1, -0.05) is 46.9 Å². The smallest absolute Gasteiger partial charge is 0.161 e. The van der Waals surface area contributed by atoms with Crippen LogP contribution in [0.3, 0.4) is 0 Å². The zero-order chi connectivity index (χ0) is 20.1. The van der Waals surface area contributed by atoms with E-state index < -0.39 is 5.82 Å². The van der Waals surface area contributed by atoms with Crippen LogP contribution in [-0.4, -0.2) is 7.11 Å². The molecule has 0 unspecified atom stereocenters. The van der Waals surface area contributed by atoms with Gasteiger partial charge < -0.3 is 14.8 Å². The van der Waals surface area contributed by atoms with Crippen LogP contribution in [0.2, 0.25) is 15.1 Å². The Kier molecular flexibility index (Phi) is 6.89. The molecule has 3 aromatic rings. The fourth-order valence-corrected chi connectivity index (χ4v) is 3.17. The maximum absolute atomic E-state index is 13.9. The van der Waals surface area contributed by atoms with Crippen molar-refractivity contribution in [3.8, 4) is 11.5 Å². The molecule has 0 heterocycles. The van der Waals surface area contributed by atoms with Crippen molar-refractivity contribution >= 4 is 40.5 Å². The van der Waals surface area contributed by atoms with E-state index in [1.807, 2.05) is 12.1 Å². The van der Waals surface area contributed by atoms with Crippen LogP contribution in [0.4, 0.5) is 10.1 Å². The minimum absolute atomic E-state index is 0.00240. The van der Waals surface area contributed by atoms with Gasteiger partial charge in [-0.3, -0.25) is 0 Å². The monoisotopic (exact) mass is 439 g/mol. The molecule has 0 atom stereocenters. The summed E-state index contributed by atoms with van der Waals surface area (Å²) in [5.41, 5.74) is 1.99. The lowest BCUT2D eigenvalue weighted by Gasteiger charge is -2.14. The second-order valence-corrected chi connectivity index (χ2v) is 7.20. The molecule has 28 heavy (non-hydrogen) atoms. The highest BCUT2D eigenvalue weighted by Crippen LogP contribution is 2.31. The van der Waals surface area contributed by atoms with E-state index in [2.05, 4.69) is 5.32 Å². The highest BCUT2D eigenvalue weighted by molar-refractivity contribution is 6.35. The van der Waals surface area contributed by atoms with Gasteiger partial charge in [0.2, 0.25) is 0 Å². The molecule has 0 amide bonds. The molecule has 0 bridgehead atoms. The number of rotatable bonds is 7. The van der Waals surface area contributed by atoms with Crippen LogP contribution in [0.15, 0.2) is 54.6 Å². The fraction of sp³-hybridized carbons (Fsp3) is 0.143. The molecule has 3 rings (SSSR count). The number of benzene rings is 3. The average molecular weight is 441 g/mol. The Morgan fingerprint density at radius 1 is 0.929 bits per heavy atom. The van der Waals surface area contributed by atoms with Gasteiger partial charge in [0.05, 0.1) is 22.8 Å². The van der Waals surface area contributed by atoms with Crippen molar-refractivity contribution in [3.63, 3.8) is 0 Å². The molecule has 0 saturated heterocycles. The predicted molar refractivity (Wildman–Crippen MR) is 113 cm³/mol. The van der Waals surface area contributed by atoms with Crippen molar-refractivity contribution in [1.29, 1.82) is 0 Å². The number of ether oxygens (including phenoxy) is 2. The molecular weight excluding hydrogens is 424 g/mol. The number of anilines is 1. The molecule has 7 heteroatoms. The largest absolute Gasteiger partial charge is 0.493 e. The molecular formula is C21H17Cl3FNO2. The maximum atomic E-state index is 13.9. The van der Waals surface area contributed by atoms with E-state index in [-0.39, 0.29) is 6.61 Å². The quantitative estimate of drug-likeness (QED) is 0.429. The van der Waals surface area contributed by atoms with Gasteiger partial charge in [0, 0.05) is 17.1 Å². The number of hydrogen-bond acceptors (Lipinski definition) is 3. The van der Waals surface area contributed by atoms with E-state index in [4.69, 9.17) is 44.3 Å². The van der Waals surface area contributed by atoms with Crippen LogP contribution < -0.4 is 14.8 Å². The molecule has 0 aliphatic heterocycles. The van der Waals surface area contributed by atoms with Gasteiger partial charge in [-0.15, -0.1) is 0 Å². The van der Waals surface area contributed by atoms with E-state index in [1.54, 1.807) is 43.5 Å². The van der Waals surface area contributed by atoms with Gasteiger partial charge >= 0.3 is 0 Å². The summed E-state index contributed by atoms with van der Waals surface area (Å²) in [6.07, 6.45) is 0. The Hall–Kier alpha value is -2.14. The molecule has 0 aromatic heterocycles. The molecule has 3 aromatic carbocycles. The number of hydrogen-bond donors (Lipinski definition) is 1. The highest BCUT2D eigenvalue weighted by Gasteiger charge is 2.11. The first-order valence-electron chi connectivity index (χ1n) is 8.39. The number of methoxy groups -OCH3 is 1. The summed E-state index contributed by atoms with van der Waals surface area (Å²) < 4.78 is 25.0. The second-order valence-electron chi connectivity index (χ2n) is 5.95. The van der Waals surface area contributed by atoms with E-state index in [9.17, 15) is 4.39 Å². The zero-order valence-corrected chi connectivity index (χ0v) is 17.2. The minimum Gasteiger partial charge on any atom is -0.493 e. The Bertz CT molecular complexity index is 962. The lowest BCUT2D eigenvalue weighted by atomic mass is 10.2. The third-order valence-corrected chi connectivity index (χ3v) is 4.99. The van der Waals surface area contributed by atoms with E-state index in [0.29, 0.717) is 38.7 Å². The Labute approximate surface area is 177 Å². The summed E-state index contributed by atoms with van der Waals surface area (Å²) in [4.78, 5) is 0. The summed E-state index contributed by atoms with van der Waals surface area (Å²) >= 11 is 18.2. The molecule has 0 fully saturated rings. The molecule has 0 saturated carbocycles. The lowest BCUT2D eigenvalue weighted by molar-refractivity contribution is 0.279. The number of halogens is 4. The standard InChI is InChI=1S/C21H17Cl3FNO2/c1-27-21-9-13(11-26-19-10-14(22)6-7-17(19)24)5-8-20(21)28-12-15-16(23)3-2-4-18(15)25/h2-10,26H,11-12H2,1H3. The topological polar surface area (TPSA) is 30.5 Å². The van der Waals surface area contributed by atoms with Crippen LogP contribution in [0, 0.1) is 5.82 Å². The van der Waals surface area contributed by atoms with Crippen molar-refractivity contribution < 1.29 is 13.9 Å². The molecule has 146 valence electrons. The van der Waals surface area contributed by atoms with Crippen molar-refractivity contribution in [2.24, 2.45) is 0 Å². The number of nitrogens with one attached hydrogen (secondary N) is 1. The summed E-state index contributed by atoms with van der Waals surface area (Å²) in [6.45, 7) is 0.507. The van der Waals surface area contributed by atoms with Crippen molar-refractivity contribution in [2.75, 3.05) is 12.4 Å². The molecule has 0 spiro atoms. The van der Waals surface area contributed by atoms with Crippen molar-refractivity contribution in [1.82, 2.24) is 0 Å². The van der Waals surface area contributed by atoms with Gasteiger partial charge in [0.15, 0.2) is 11.5 Å². The van der Waals surface area contributed by atoms with Crippen LogP contribution >= 0.6 is 34.8 Å². The molecule has 0 radical (unpaired) electrons. The van der Waals surface area contributed by atoms with Crippen LogP contribution in [0.25, 0.3) is 0 Å². The van der Waals surface area contributed by atoms with Crippen LogP contribution in [-0.2, 0) is 13.2 Å². The first kappa shape index (κ1) is 20.6. The minimum atomic E-state index is -0.411.